The van der Waals surface area contributed by atoms with Gasteiger partial charge >= 0.3 is 0 Å². The first kappa shape index (κ1) is 19.8. The lowest BCUT2D eigenvalue weighted by atomic mass is 9.48. The van der Waals surface area contributed by atoms with E-state index < -0.39 is 0 Å². The zero-order valence-corrected chi connectivity index (χ0v) is 17.9. The molecule has 3 fully saturated rings. The molecule has 0 aromatic heterocycles. The van der Waals surface area contributed by atoms with E-state index in [0.29, 0.717) is 36.4 Å². The van der Waals surface area contributed by atoms with Gasteiger partial charge in [0.1, 0.15) is 5.78 Å². The molecule has 2 unspecified atom stereocenters. The zero-order chi connectivity index (χ0) is 20.3. The van der Waals surface area contributed by atoms with Crippen molar-refractivity contribution in [3.05, 3.63) is 12.2 Å². The summed E-state index contributed by atoms with van der Waals surface area (Å²) in [4.78, 5) is 39.1. The second-order valence-electron chi connectivity index (χ2n) is 10.3. The van der Waals surface area contributed by atoms with E-state index >= 15 is 0 Å². The van der Waals surface area contributed by atoms with E-state index in [2.05, 4.69) is 19.9 Å². The van der Waals surface area contributed by atoms with E-state index in [9.17, 15) is 14.4 Å². The smallest absolute Gasteiger partial charge is 0.253 e. The summed E-state index contributed by atoms with van der Waals surface area (Å²) >= 11 is 0. The Bertz CT molecular complexity index is 727. The first-order chi connectivity index (χ1) is 13.2. The van der Waals surface area contributed by atoms with Gasteiger partial charge in [0.25, 0.3) is 5.91 Å². The molecule has 4 nitrogen and oxygen atoms in total. The number of fused-ring (bicyclic) bond motifs is 5. The number of carbonyl (C=O) groups is 3. The summed E-state index contributed by atoms with van der Waals surface area (Å²) in [5.74, 6) is 2.20. The maximum atomic E-state index is 12.6. The first-order valence-electron chi connectivity index (χ1n) is 11.3. The van der Waals surface area contributed by atoms with E-state index in [-0.39, 0.29) is 34.6 Å². The quantitative estimate of drug-likeness (QED) is 0.717. The van der Waals surface area contributed by atoms with Crippen LogP contribution in [0.2, 0.25) is 0 Å². The maximum Gasteiger partial charge on any atom is 0.253 e. The lowest BCUT2D eigenvalue weighted by Gasteiger charge is -2.59. The lowest BCUT2D eigenvalue weighted by molar-refractivity contribution is -0.155. The van der Waals surface area contributed by atoms with Gasteiger partial charge in [-0.1, -0.05) is 33.8 Å². The second-order valence-corrected chi connectivity index (χ2v) is 10.3. The topological polar surface area (TPSA) is 54.5 Å². The molecule has 0 N–H and O–H groups in total. The van der Waals surface area contributed by atoms with Gasteiger partial charge in [0.05, 0.1) is 0 Å². The van der Waals surface area contributed by atoms with Crippen LogP contribution in [0.25, 0.3) is 0 Å². The number of hydrogen-bond acceptors (Lipinski definition) is 3. The van der Waals surface area contributed by atoms with Crippen molar-refractivity contribution in [2.45, 2.75) is 85.1 Å². The van der Waals surface area contributed by atoms with Crippen molar-refractivity contribution >= 4 is 17.6 Å². The van der Waals surface area contributed by atoms with Gasteiger partial charge in [-0.15, -0.1) is 0 Å². The Hall–Kier alpha value is -1.45. The van der Waals surface area contributed by atoms with Gasteiger partial charge in [0, 0.05) is 36.3 Å². The van der Waals surface area contributed by atoms with Gasteiger partial charge in [-0.05, 0) is 61.7 Å². The van der Waals surface area contributed by atoms with E-state index in [1.54, 1.807) is 11.0 Å². The standard InChI is InChI=1S/C24H35NO3/c1-5-19(26)15-13-18-16-7-8-20-24(4,17(16)9-11-23(18,3)14-15)12-10-22(28)25(20)21(27)6-2/h10,12,15-18,20H,5-9,11,13-14H2,1-4H3/t15?,16-,17-,18+,20?,23-,24-/m1/s1. The number of rotatable bonds is 3. The van der Waals surface area contributed by atoms with Crippen molar-refractivity contribution < 1.29 is 14.4 Å². The van der Waals surface area contributed by atoms with Crippen molar-refractivity contribution in [2.24, 2.45) is 34.5 Å². The van der Waals surface area contributed by atoms with Crippen molar-refractivity contribution in [3.8, 4) is 0 Å². The summed E-state index contributed by atoms with van der Waals surface area (Å²) in [5.41, 5.74) is 0.156. The fourth-order valence-electron chi connectivity index (χ4n) is 7.56. The molecule has 3 aliphatic carbocycles. The Morgan fingerprint density at radius 1 is 1.11 bits per heavy atom. The molecular formula is C24H35NO3. The molecule has 0 saturated heterocycles. The van der Waals surface area contributed by atoms with Gasteiger partial charge in [-0.25, -0.2) is 0 Å². The third-order valence-corrected chi connectivity index (χ3v) is 9.01. The van der Waals surface area contributed by atoms with Gasteiger partial charge < -0.3 is 0 Å². The highest BCUT2D eigenvalue weighted by Crippen LogP contribution is 2.65. The molecule has 4 aliphatic rings. The van der Waals surface area contributed by atoms with Gasteiger partial charge in [-0.3, -0.25) is 19.3 Å². The summed E-state index contributed by atoms with van der Waals surface area (Å²) in [6.07, 6.45) is 11.2. The van der Waals surface area contributed by atoms with E-state index in [0.717, 1.165) is 38.5 Å². The third kappa shape index (κ3) is 2.74. The van der Waals surface area contributed by atoms with Crippen molar-refractivity contribution in [1.29, 1.82) is 0 Å². The minimum atomic E-state index is -0.136. The lowest BCUT2D eigenvalue weighted by Crippen LogP contribution is -2.61. The van der Waals surface area contributed by atoms with Crippen molar-refractivity contribution in [2.75, 3.05) is 0 Å². The van der Waals surface area contributed by atoms with E-state index in [1.165, 1.54) is 0 Å². The predicted molar refractivity (Wildman–Crippen MR) is 108 cm³/mol. The highest BCUT2D eigenvalue weighted by molar-refractivity contribution is 6.02. The van der Waals surface area contributed by atoms with Crippen LogP contribution in [0.1, 0.15) is 79.1 Å². The molecule has 0 aromatic carbocycles. The number of ketones is 1. The fraction of sp³-hybridized carbons (Fsp3) is 0.792. The summed E-state index contributed by atoms with van der Waals surface area (Å²) in [5, 5.41) is 0. The van der Waals surface area contributed by atoms with Gasteiger partial charge in [0.2, 0.25) is 5.91 Å². The van der Waals surface area contributed by atoms with Crippen molar-refractivity contribution in [1.82, 2.24) is 4.90 Å². The molecule has 0 bridgehead atoms. The van der Waals surface area contributed by atoms with Crippen LogP contribution >= 0.6 is 0 Å². The first-order valence-corrected chi connectivity index (χ1v) is 11.3. The molecule has 4 heteroatoms. The molecule has 0 radical (unpaired) electrons. The maximum absolute atomic E-state index is 12.6. The monoisotopic (exact) mass is 385 g/mol. The molecule has 1 heterocycles. The highest BCUT2D eigenvalue weighted by Gasteiger charge is 2.60. The molecule has 2 amide bonds. The molecule has 0 aromatic rings. The zero-order valence-electron chi connectivity index (χ0n) is 17.9. The normalized spacial score (nSPS) is 44.6. The van der Waals surface area contributed by atoms with E-state index in [4.69, 9.17) is 0 Å². The highest BCUT2D eigenvalue weighted by atomic mass is 16.2. The Balaban J connectivity index is 1.64. The molecule has 7 atom stereocenters. The molecule has 4 rings (SSSR count). The van der Waals surface area contributed by atoms with Crippen LogP contribution in [0.3, 0.4) is 0 Å². The number of imide groups is 1. The molecule has 3 saturated carbocycles. The molecule has 1 aliphatic heterocycles. The fourth-order valence-corrected chi connectivity index (χ4v) is 7.56. The molecule has 0 spiro atoms. The SMILES string of the molecule is CCC(=O)C1C[C@H]2[C@@H]3CCC4N(C(=O)CC)C(=O)C=C[C@]4(C)[C@@H]3CC[C@]2(C)C1. The van der Waals surface area contributed by atoms with Crippen LogP contribution in [0.5, 0.6) is 0 Å². The number of hydrogen-bond donors (Lipinski definition) is 0. The number of Topliss-reactive ketones (excluding diaryl/α,β-unsaturated/α-hetero) is 1. The minimum absolute atomic E-state index is 0.00229. The van der Waals surface area contributed by atoms with Crippen LogP contribution in [0.4, 0.5) is 0 Å². The largest absolute Gasteiger partial charge is 0.299 e. The summed E-state index contributed by atoms with van der Waals surface area (Å²) < 4.78 is 0. The molecule has 28 heavy (non-hydrogen) atoms. The van der Waals surface area contributed by atoms with Gasteiger partial charge in [-0.2, -0.15) is 0 Å². The Morgan fingerprint density at radius 2 is 1.86 bits per heavy atom. The van der Waals surface area contributed by atoms with Crippen molar-refractivity contribution in [3.63, 3.8) is 0 Å². The Kier molecular flexibility index (Phi) is 4.83. The molecule has 154 valence electrons. The van der Waals surface area contributed by atoms with Crippen LogP contribution in [0, 0.1) is 34.5 Å². The van der Waals surface area contributed by atoms with E-state index in [1.807, 2.05) is 13.8 Å². The van der Waals surface area contributed by atoms with Crippen LogP contribution < -0.4 is 0 Å². The summed E-state index contributed by atoms with van der Waals surface area (Å²) in [6, 6.07) is -0.00229. The summed E-state index contributed by atoms with van der Waals surface area (Å²) in [6.45, 7) is 8.52. The third-order valence-electron chi connectivity index (χ3n) is 9.01. The number of amides is 2. The van der Waals surface area contributed by atoms with Gasteiger partial charge in [0.15, 0.2) is 0 Å². The number of nitrogens with zero attached hydrogens (tertiary/aromatic N) is 1. The van der Waals surface area contributed by atoms with Crippen LogP contribution in [-0.4, -0.2) is 28.5 Å². The Labute approximate surface area is 169 Å². The molecular weight excluding hydrogens is 350 g/mol. The predicted octanol–water partition coefficient (Wildman–Crippen LogP) is 4.53. The second kappa shape index (κ2) is 6.81. The van der Waals surface area contributed by atoms with Crippen LogP contribution in [0.15, 0.2) is 12.2 Å². The summed E-state index contributed by atoms with van der Waals surface area (Å²) in [7, 11) is 0. The number of carbonyl (C=O) groups excluding carboxylic acids is 3. The average Bonchev–Trinajstić information content (AvgIpc) is 3.05. The van der Waals surface area contributed by atoms with Crippen LogP contribution in [-0.2, 0) is 14.4 Å². The minimum Gasteiger partial charge on any atom is -0.299 e. The average molecular weight is 386 g/mol. The Morgan fingerprint density at radius 3 is 2.54 bits per heavy atom.